The van der Waals surface area contributed by atoms with Crippen LogP contribution in [0.1, 0.15) is 17.5 Å². The zero-order valence-electron chi connectivity index (χ0n) is 14.4. The highest BCUT2D eigenvalue weighted by Crippen LogP contribution is 2.31. The van der Waals surface area contributed by atoms with Crippen LogP contribution in [-0.2, 0) is 6.54 Å². The number of benzene rings is 1. The fraction of sp³-hybridized carbons (Fsp3) is 0.333. The van der Waals surface area contributed by atoms with Crippen molar-refractivity contribution in [3.05, 3.63) is 54.1 Å². The van der Waals surface area contributed by atoms with Crippen molar-refractivity contribution < 1.29 is 13.7 Å². The Kier molecular flexibility index (Phi) is 5.92. The van der Waals surface area contributed by atoms with E-state index in [-0.39, 0.29) is 18.4 Å². The average molecular weight is 377 g/mol. The first-order valence-corrected chi connectivity index (χ1v) is 8.29. The number of nitrogens with zero attached hydrogens (tertiary/aromatic N) is 3. The Morgan fingerprint density at radius 1 is 1.27 bits per heavy atom. The number of aromatic nitrogens is 2. The van der Waals surface area contributed by atoms with E-state index in [1.165, 1.54) is 0 Å². The normalized spacial score (nSPS) is 17.7. The summed E-state index contributed by atoms with van der Waals surface area (Å²) >= 11 is 0. The monoisotopic (exact) mass is 376 g/mol. The van der Waals surface area contributed by atoms with Crippen molar-refractivity contribution in [2.24, 2.45) is 0 Å². The summed E-state index contributed by atoms with van der Waals surface area (Å²) in [4.78, 5) is 6.78. The molecule has 1 saturated heterocycles. The van der Waals surface area contributed by atoms with Crippen molar-refractivity contribution in [1.82, 2.24) is 20.4 Å². The lowest BCUT2D eigenvalue weighted by molar-refractivity contribution is 0.133. The highest BCUT2D eigenvalue weighted by atomic mass is 35.5. The first-order valence-electron chi connectivity index (χ1n) is 8.29. The highest BCUT2D eigenvalue weighted by Gasteiger charge is 2.27. The van der Waals surface area contributed by atoms with Gasteiger partial charge in [0.15, 0.2) is 5.76 Å². The summed E-state index contributed by atoms with van der Waals surface area (Å²) in [7, 11) is 1.70. The van der Waals surface area contributed by atoms with Gasteiger partial charge in [-0.3, -0.25) is 4.90 Å². The lowest BCUT2D eigenvalue weighted by Crippen LogP contribution is -2.45. The number of hydrogen-bond acceptors (Lipinski definition) is 7. The van der Waals surface area contributed by atoms with Gasteiger partial charge in [0.25, 0.3) is 0 Å². The molecule has 0 radical (unpaired) electrons. The van der Waals surface area contributed by atoms with E-state index >= 15 is 0 Å². The second kappa shape index (κ2) is 8.35. The third-order valence-electron chi connectivity index (χ3n) is 4.40. The first-order chi connectivity index (χ1) is 12.3. The molecule has 1 fully saturated rings. The van der Waals surface area contributed by atoms with Gasteiger partial charge in [-0.25, -0.2) is 0 Å². The molecule has 0 saturated carbocycles. The van der Waals surface area contributed by atoms with Crippen molar-refractivity contribution in [3.8, 4) is 17.3 Å². The van der Waals surface area contributed by atoms with Gasteiger partial charge < -0.3 is 19.0 Å². The second-order valence-corrected chi connectivity index (χ2v) is 5.92. The van der Waals surface area contributed by atoms with Gasteiger partial charge in [-0.2, -0.15) is 4.98 Å². The Labute approximate surface area is 157 Å². The van der Waals surface area contributed by atoms with Crippen molar-refractivity contribution in [3.63, 3.8) is 0 Å². The average Bonchev–Trinajstić information content (AvgIpc) is 3.34. The standard InChI is InChI=1S/C18H20N4O3.ClH/c1-23-15-6-3-2-5-13(15)14-11-19-8-9-22(14)12-17-20-18(21-25-17)16-7-4-10-24-16;/h2-7,10,14,19H,8-9,11-12H2,1H3;1H. The van der Waals surface area contributed by atoms with Crippen LogP contribution in [-0.4, -0.2) is 41.8 Å². The van der Waals surface area contributed by atoms with Crippen LogP contribution in [0.15, 0.2) is 51.6 Å². The minimum absolute atomic E-state index is 0. The predicted octanol–water partition coefficient (Wildman–Crippen LogP) is 2.91. The van der Waals surface area contributed by atoms with Gasteiger partial charge in [-0.1, -0.05) is 23.4 Å². The molecule has 138 valence electrons. The molecule has 1 aromatic carbocycles. The largest absolute Gasteiger partial charge is 0.496 e. The Hall–Kier alpha value is -2.35. The number of furan rings is 1. The van der Waals surface area contributed by atoms with Crippen LogP contribution in [0.3, 0.4) is 0 Å². The molecule has 1 unspecified atom stereocenters. The number of halogens is 1. The number of nitrogens with one attached hydrogen (secondary N) is 1. The van der Waals surface area contributed by atoms with E-state index in [4.69, 9.17) is 13.7 Å². The van der Waals surface area contributed by atoms with E-state index < -0.39 is 0 Å². The van der Waals surface area contributed by atoms with Crippen molar-refractivity contribution in [1.29, 1.82) is 0 Å². The molecular weight excluding hydrogens is 356 g/mol. The van der Waals surface area contributed by atoms with Crippen LogP contribution in [0.5, 0.6) is 5.75 Å². The molecule has 0 aliphatic carbocycles. The molecule has 8 heteroatoms. The zero-order valence-corrected chi connectivity index (χ0v) is 15.2. The number of rotatable bonds is 5. The highest BCUT2D eigenvalue weighted by molar-refractivity contribution is 5.85. The summed E-state index contributed by atoms with van der Waals surface area (Å²) in [6, 6.07) is 11.9. The molecule has 0 bridgehead atoms. The summed E-state index contributed by atoms with van der Waals surface area (Å²) in [5, 5.41) is 7.46. The van der Waals surface area contributed by atoms with E-state index in [2.05, 4.69) is 26.4 Å². The lowest BCUT2D eigenvalue weighted by atomic mass is 10.0. The molecule has 4 rings (SSSR count). The summed E-state index contributed by atoms with van der Waals surface area (Å²) in [6.45, 7) is 3.24. The maximum atomic E-state index is 5.53. The van der Waals surface area contributed by atoms with E-state index in [0.29, 0.717) is 24.0 Å². The fourth-order valence-electron chi connectivity index (χ4n) is 3.18. The Morgan fingerprint density at radius 3 is 2.96 bits per heavy atom. The molecule has 1 aliphatic rings. The fourth-order valence-corrected chi connectivity index (χ4v) is 3.18. The van der Waals surface area contributed by atoms with Crippen molar-refractivity contribution >= 4 is 12.4 Å². The number of piperazine rings is 1. The van der Waals surface area contributed by atoms with Crippen LogP contribution in [0, 0.1) is 0 Å². The van der Waals surface area contributed by atoms with Crippen LogP contribution in [0.2, 0.25) is 0 Å². The summed E-state index contributed by atoms with van der Waals surface area (Å²) in [6.07, 6.45) is 1.60. The third-order valence-corrected chi connectivity index (χ3v) is 4.40. The van der Waals surface area contributed by atoms with Gasteiger partial charge in [0.1, 0.15) is 5.75 Å². The summed E-state index contributed by atoms with van der Waals surface area (Å²) in [5.41, 5.74) is 1.16. The Bertz CT molecular complexity index is 821. The molecule has 26 heavy (non-hydrogen) atoms. The van der Waals surface area contributed by atoms with Crippen molar-refractivity contribution in [2.45, 2.75) is 12.6 Å². The molecule has 3 aromatic rings. The third kappa shape index (κ3) is 3.75. The minimum Gasteiger partial charge on any atom is -0.496 e. The maximum absolute atomic E-state index is 5.53. The van der Waals surface area contributed by atoms with Crippen molar-refractivity contribution in [2.75, 3.05) is 26.7 Å². The van der Waals surface area contributed by atoms with Gasteiger partial charge in [-0.15, -0.1) is 12.4 Å². The summed E-state index contributed by atoms with van der Waals surface area (Å²) < 4.78 is 16.3. The zero-order chi connectivity index (χ0) is 17.1. The van der Waals surface area contributed by atoms with Gasteiger partial charge in [0, 0.05) is 25.2 Å². The SMILES string of the molecule is COc1ccccc1C1CNCCN1Cc1nc(-c2ccco2)no1.Cl. The van der Waals surface area contributed by atoms with E-state index in [1.54, 1.807) is 19.4 Å². The van der Waals surface area contributed by atoms with Gasteiger partial charge in [0.05, 0.1) is 26.0 Å². The maximum Gasteiger partial charge on any atom is 0.241 e. The summed E-state index contributed by atoms with van der Waals surface area (Å²) in [5.74, 6) is 2.55. The van der Waals surface area contributed by atoms with Crippen LogP contribution in [0.25, 0.3) is 11.6 Å². The van der Waals surface area contributed by atoms with Crippen LogP contribution < -0.4 is 10.1 Å². The second-order valence-electron chi connectivity index (χ2n) is 5.92. The Morgan fingerprint density at radius 2 is 2.15 bits per heavy atom. The molecular formula is C18H21ClN4O3. The predicted molar refractivity (Wildman–Crippen MR) is 98.3 cm³/mol. The van der Waals surface area contributed by atoms with E-state index in [9.17, 15) is 0 Å². The van der Waals surface area contributed by atoms with Crippen LogP contribution in [0.4, 0.5) is 0 Å². The number of ether oxygens (including phenoxy) is 1. The van der Waals surface area contributed by atoms with E-state index in [1.807, 2.05) is 24.3 Å². The molecule has 2 aromatic heterocycles. The Balaban J connectivity index is 0.00000196. The van der Waals surface area contributed by atoms with Gasteiger partial charge >= 0.3 is 0 Å². The quantitative estimate of drug-likeness (QED) is 0.733. The molecule has 1 atom stereocenters. The molecule has 1 N–H and O–H groups in total. The van der Waals surface area contributed by atoms with Gasteiger partial charge in [-0.05, 0) is 18.2 Å². The number of methoxy groups -OCH3 is 1. The first kappa shape index (κ1) is 18.4. The topological polar surface area (TPSA) is 76.6 Å². The molecule has 0 spiro atoms. The molecule has 1 aliphatic heterocycles. The van der Waals surface area contributed by atoms with Crippen LogP contribution >= 0.6 is 12.4 Å². The molecule has 7 nitrogen and oxygen atoms in total. The van der Waals surface area contributed by atoms with E-state index in [0.717, 1.165) is 30.9 Å². The number of para-hydroxylation sites is 1. The smallest absolute Gasteiger partial charge is 0.241 e. The van der Waals surface area contributed by atoms with Gasteiger partial charge in [0.2, 0.25) is 11.7 Å². The molecule has 3 heterocycles. The lowest BCUT2D eigenvalue weighted by Gasteiger charge is -2.36. The minimum atomic E-state index is 0. The molecule has 0 amide bonds. The number of hydrogen-bond donors (Lipinski definition) is 1.